The van der Waals surface area contributed by atoms with E-state index in [1.165, 1.54) is 0 Å². The third-order valence-corrected chi connectivity index (χ3v) is 5.67. The second-order valence-electron chi connectivity index (χ2n) is 6.74. The Hall–Kier alpha value is -2.13. The van der Waals surface area contributed by atoms with Crippen LogP contribution in [0.25, 0.3) is 11.0 Å². The standard InChI is InChI=1S/C18H21Cl2N7O/c1-25(12-2-3-13(19)14(20)10-12)18-23-15-11-22-27(16(15)17(28)24-18)9-8-26-6-4-21-5-7-26/h2-3,10-11,21H,4-9H2,1H3,(H,23,24,28). The third kappa shape index (κ3) is 3.86. The molecule has 0 aliphatic carbocycles. The first kappa shape index (κ1) is 19.2. The van der Waals surface area contributed by atoms with E-state index in [-0.39, 0.29) is 5.56 Å². The molecule has 0 amide bonds. The van der Waals surface area contributed by atoms with E-state index in [4.69, 9.17) is 23.2 Å². The molecule has 0 spiro atoms. The van der Waals surface area contributed by atoms with Gasteiger partial charge < -0.3 is 10.2 Å². The first-order chi connectivity index (χ1) is 13.5. The van der Waals surface area contributed by atoms with E-state index in [0.717, 1.165) is 38.4 Å². The minimum atomic E-state index is -0.218. The number of aromatic nitrogens is 4. The monoisotopic (exact) mass is 421 g/mol. The summed E-state index contributed by atoms with van der Waals surface area (Å²) in [6.07, 6.45) is 1.63. The zero-order valence-corrected chi connectivity index (χ0v) is 17.0. The highest BCUT2D eigenvalue weighted by molar-refractivity contribution is 6.42. The first-order valence-electron chi connectivity index (χ1n) is 9.10. The highest BCUT2D eigenvalue weighted by Crippen LogP contribution is 2.29. The number of aromatic amines is 1. The van der Waals surface area contributed by atoms with Crippen molar-refractivity contribution >= 4 is 45.9 Å². The highest BCUT2D eigenvalue weighted by atomic mass is 35.5. The van der Waals surface area contributed by atoms with Gasteiger partial charge in [0.25, 0.3) is 5.56 Å². The number of benzene rings is 1. The van der Waals surface area contributed by atoms with E-state index in [1.807, 2.05) is 6.07 Å². The number of piperazine rings is 1. The molecule has 0 atom stereocenters. The smallest absolute Gasteiger partial charge is 0.278 e. The zero-order chi connectivity index (χ0) is 19.7. The lowest BCUT2D eigenvalue weighted by Gasteiger charge is -2.26. The van der Waals surface area contributed by atoms with Gasteiger partial charge in [-0.2, -0.15) is 5.10 Å². The predicted molar refractivity (Wildman–Crippen MR) is 112 cm³/mol. The average molecular weight is 422 g/mol. The van der Waals surface area contributed by atoms with Crippen molar-refractivity contribution in [2.75, 3.05) is 44.7 Å². The normalized spacial score (nSPS) is 15.2. The molecule has 1 aromatic carbocycles. The van der Waals surface area contributed by atoms with E-state index in [2.05, 4.69) is 25.3 Å². The Bertz CT molecular complexity index is 1040. The number of hydrogen-bond acceptors (Lipinski definition) is 6. The van der Waals surface area contributed by atoms with Gasteiger partial charge in [0.1, 0.15) is 5.52 Å². The number of fused-ring (bicyclic) bond motifs is 1. The molecule has 0 bridgehead atoms. The maximum absolute atomic E-state index is 12.7. The Balaban J connectivity index is 1.58. The molecular weight excluding hydrogens is 401 g/mol. The van der Waals surface area contributed by atoms with Crippen molar-refractivity contribution < 1.29 is 0 Å². The lowest BCUT2D eigenvalue weighted by molar-refractivity contribution is 0.230. The molecule has 2 aromatic heterocycles. The van der Waals surface area contributed by atoms with Gasteiger partial charge in [-0.15, -0.1) is 0 Å². The van der Waals surface area contributed by atoms with Crippen molar-refractivity contribution in [1.82, 2.24) is 30.0 Å². The number of rotatable bonds is 5. The van der Waals surface area contributed by atoms with Crippen LogP contribution in [0.4, 0.5) is 11.6 Å². The summed E-state index contributed by atoms with van der Waals surface area (Å²) >= 11 is 12.1. The number of nitrogens with one attached hydrogen (secondary N) is 2. The fourth-order valence-corrected chi connectivity index (χ4v) is 3.60. The van der Waals surface area contributed by atoms with Crippen LogP contribution in [0, 0.1) is 0 Å². The first-order valence-corrected chi connectivity index (χ1v) is 9.86. The van der Waals surface area contributed by atoms with E-state index in [1.54, 1.807) is 35.0 Å². The molecule has 0 radical (unpaired) electrons. The fourth-order valence-electron chi connectivity index (χ4n) is 3.31. The van der Waals surface area contributed by atoms with Crippen molar-refractivity contribution in [1.29, 1.82) is 0 Å². The zero-order valence-electron chi connectivity index (χ0n) is 15.5. The van der Waals surface area contributed by atoms with Crippen LogP contribution in [0.1, 0.15) is 0 Å². The maximum atomic E-state index is 12.7. The molecule has 1 fully saturated rings. The second kappa shape index (κ2) is 8.08. The summed E-state index contributed by atoms with van der Waals surface area (Å²) in [5.41, 5.74) is 1.60. The van der Waals surface area contributed by atoms with E-state index in [9.17, 15) is 4.79 Å². The summed E-state index contributed by atoms with van der Waals surface area (Å²) in [5.74, 6) is 0.414. The number of halogens is 2. The van der Waals surface area contributed by atoms with Gasteiger partial charge in [-0.05, 0) is 18.2 Å². The quantitative estimate of drug-likeness (QED) is 0.656. The molecule has 148 valence electrons. The Labute approximate surface area is 172 Å². The van der Waals surface area contributed by atoms with Crippen LogP contribution >= 0.6 is 23.2 Å². The molecule has 1 saturated heterocycles. The molecule has 1 aliphatic rings. The molecule has 4 rings (SSSR count). The van der Waals surface area contributed by atoms with Gasteiger partial charge in [0.05, 0.1) is 22.8 Å². The molecule has 28 heavy (non-hydrogen) atoms. The highest BCUT2D eigenvalue weighted by Gasteiger charge is 2.16. The van der Waals surface area contributed by atoms with Crippen LogP contribution in [-0.4, -0.2) is 64.4 Å². The molecule has 0 unspecified atom stereocenters. The predicted octanol–water partition coefficient (Wildman–Crippen LogP) is 2.10. The largest absolute Gasteiger partial charge is 0.315 e. The lowest BCUT2D eigenvalue weighted by Crippen LogP contribution is -2.44. The summed E-state index contributed by atoms with van der Waals surface area (Å²) in [5, 5.41) is 8.62. The van der Waals surface area contributed by atoms with Gasteiger partial charge in [0.15, 0.2) is 5.52 Å². The minimum Gasteiger partial charge on any atom is -0.315 e. The maximum Gasteiger partial charge on any atom is 0.278 e. The van der Waals surface area contributed by atoms with Crippen molar-refractivity contribution in [3.05, 3.63) is 44.8 Å². The van der Waals surface area contributed by atoms with Crippen molar-refractivity contribution in [3.63, 3.8) is 0 Å². The Morgan fingerprint density at radius 1 is 1.18 bits per heavy atom. The topological polar surface area (TPSA) is 82.1 Å². The lowest BCUT2D eigenvalue weighted by atomic mass is 10.3. The van der Waals surface area contributed by atoms with E-state index < -0.39 is 0 Å². The van der Waals surface area contributed by atoms with E-state index >= 15 is 0 Å². The molecule has 8 nitrogen and oxygen atoms in total. The summed E-state index contributed by atoms with van der Waals surface area (Å²) in [7, 11) is 1.80. The molecule has 1 aliphatic heterocycles. The van der Waals surface area contributed by atoms with Gasteiger partial charge in [-0.3, -0.25) is 19.4 Å². The fraction of sp³-hybridized carbons (Fsp3) is 0.389. The second-order valence-corrected chi connectivity index (χ2v) is 7.55. The van der Waals surface area contributed by atoms with Crippen molar-refractivity contribution in [2.45, 2.75) is 6.54 Å². The minimum absolute atomic E-state index is 0.218. The molecular formula is C18H21Cl2N7O. The number of H-pyrrole nitrogens is 1. The van der Waals surface area contributed by atoms with Crippen LogP contribution in [0.3, 0.4) is 0 Å². The number of nitrogens with zero attached hydrogens (tertiary/aromatic N) is 5. The third-order valence-electron chi connectivity index (χ3n) is 4.93. The Morgan fingerprint density at radius 2 is 1.96 bits per heavy atom. The number of hydrogen-bond donors (Lipinski definition) is 2. The van der Waals surface area contributed by atoms with Crippen LogP contribution in [0.5, 0.6) is 0 Å². The molecule has 0 saturated carbocycles. The van der Waals surface area contributed by atoms with Gasteiger partial charge >= 0.3 is 0 Å². The SMILES string of the molecule is CN(c1ccc(Cl)c(Cl)c1)c1nc2cnn(CCN3CCNCC3)c2c(=O)[nH]1. The summed E-state index contributed by atoms with van der Waals surface area (Å²) in [6, 6.07) is 5.25. The van der Waals surface area contributed by atoms with Crippen LogP contribution in [-0.2, 0) is 6.54 Å². The Morgan fingerprint density at radius 3 is 2.71 bits per heavy atom. The molecule has 3 heterocycles. The van der Waals surface area contributed by atoms with E-state index in [0.29, 0.717) is 33.6 Å². The van der Waals surface area contributed by atoms with Gasteiger partial charge in [0, 0.05) is 45.5 Å². The van der Waals surface area contributed by atoms with Gasteiger partial charge in [-0.1, -0.05) is 23.2 Å². The summed E-state index contributed by atoms with van der Waals surface area (Å²) in [6.45, 7) is 5.50. The average Bonchev–Trinajstić information content (AvgIpc) is 3.12. The summed E-state index contributed by atoms with van der Waals surface area (Å²) in [4.78, 5) is 24.3. The van der Waals surface area contributed by atoms with Gasteiger partial charge in [0.2, 0.25) is 5.95 Å². The molecule has 3 aromatic rings. The molecule has 2 N–H and O–H groups in total. The van der Waals surface area contributed by atoms with Crippen molar-refractivity contribution in [2.24, 2.45) is 0 Å². The Kier molecular flexibility index (Phi) is 5.54. The van der Waals surface area contributed by atoms with Crippen LogP contribution in [0.15, 0.2) is 29.2 Å². The van der Waals surface area contributed by atoms with Gasteiger partial charge in [-0.25, -0.2) is 4.98 Å². The van der Waals surface area contributed by atoms with Crippen molar-refractivity contribution in [3.8, 4) is 0 Å². The molecule has 10 heteroatoms. The summed E-state index contributed by atoms with van der Waals surface area (Å²) < 4.78 is 1.73. The van der Waals surface area contributed by atoms with Crippen LogP contribution in [0.2, 0.25) is 10.0 Å². The van der Waals surface area contributed by atoms with Crippen LogP contribution < -0.4 is 15.8 Å². The number of anilines is 2.